The van der Waals surface area contributed by atoms with Gasteiger partial charge in [-0.25, -0.2) is 10.8 Å². The first kappa shape index (κ1) is 13.4. The first-order valence-electron chi connectivity index (χ1n) is 6.19. The summed E-state index contributed by atoms with van der Waals surface area (Å²) in [6.07, 6.45) is 0. The Bertz CT molecular complexity index is 409. The van der Waals surface area contributed by atoms with Gasteiger partial charge in [-0.2, -0.15) is 16.7 Å². The van der Waals surface area contributed by atoms with E-state index in [-0.39, 0.29) is 5.41 Å². The highest BCUT2D eigenvalue weighted by atomic mass is 32.2. The van der Waals surface area contributed by atoms with Crippen LogP contribution >= 0.6 is 11.8 Å². The summed E-state index contributed by atoms with van der Waals surface area (Å²) in [5.74, 6) is 9.24. The van der Waals surface area contributed by atoms with Crippen LogP contribution in [0.1, 0.15) is 26.5 Å². The van der Waals surface area contributed by atoms with Crippen molar-refractivity contribution in [1.82, 2.24) is 9.97 Å². The fourth-order valence-corrected chi connectivity index (χ4v) is 2.70. The minimum absolute atomic E-state index is 0.00612. The molecular formula is C12H21N5S. The molecule has 1 aromatic rings. The summed E-state index contributed by atoms with van der Waals surface area (Å²) >= 11 is 1.98. The van der Waals surface area contributed by atoms with Crippen LogP contribution in [0.4, 0.5) is 11.8 Å². The third-order valence-corrected chi connectivity index (χ3v) is 3.87. The number of nitrogens with two attached hydrogens (primary N) is 1. The molecule has 0 amide bonds. The van der Waals surface area contributed by atoms with E-state index >= 15 is 0 Å². The number of aromatic nitrogens is 2. The Morgan fingerprint density at radius 3 is 2.50 bits per heavy atom. The van der Waals surface area contributed by atoms with Crippen LogP contribution in [0.2, 0.25) is 0 Å². The lowest BCUT2D eigenvalue weighted by Gasteiger charge is -2.28. The van der Waals surface area contributed by atoms with Gasteiger partial charge < -0.3 is 10.3 Å². The topological polar surface area (TPSA) is 67.1 Å². The van der Waals surface area contributed by atoms with Gasteiger partial charge in [0, 0.05) is 36.1 Å². The molecule has 0 bridgehead atoms. The fraction of sp³-hybridized carbons (Fsp3) is 0.667. The van der Waals surface area contributed by atoms with Gasteiger partial charge in [0.2, 0.25) is 5.95 Å². The zero-order valence-electron chi connectivity index (χ0n) is 11.2. The van der Waals surface area contributed by atoms with Crippen LogP contribution in [-0.4, -0.2) is 34.6 Å². The second-order valence-corrected chi connectivity index (χ2v) is 6.66. The Kier molecular flexibility index (Phi) is 3.97. The number of hydrogen-bond donors (Lipinski definition) is 2. The van der Waals surface area contributed by atoms with Gasteiger partial charge in [-0.05, 0) is 0 Å². The number of anilines is 2. The molecule has 0 spiro atoms. The summed E-state index contributed by atoms with van der Waals surface area (Å²) < 4.78 is 0. The van der Waals surface area contributed by atoms with Crippen LogP contribution < -0.4 is 16.2 Å². The summed E-state index contributed by atoms with van der Waals surface area (Å²) in [5, 5.41) is 0. The van der Waals surface area contributed by atoms with E-state index in [1.54, 1.807) is 0 Å². The smallest absolute Gasteiger partial charge is 0.227 e. The van der Waals surface area contributed by atoms with Crippen LogP contribution in [0.15, 0.2) is 6.07 Å². The lowest BCUT2D eigenvalue weighted by Crippen LogP contribution is -2.34. The van der Waals surface area contributed by atoms with Crippen molar-refractivity contribution in [1.29, 1.82) is 0 Å². The number of thioether (sulfide) groups is 1. The minimum atomic E-state index is -0.00612. The molecule has 0 atom stereocenters. The van der Waals surface area contributed by atoms with E-state index in [9.17, 15) is 0 Å². The van der Waals surface area contributed by atoms with Crippen molar-refractivity contribution >= 4 is 23.5 Å². The monoisotopic (exact) mass is 267 g/mol. The van der Waals surface area contributed by atoms with E-state index in [1.807, 2.05) is 17.8 Å². The van der Waals surface area contributed by atoms with Gasteiger partial charge >= 0.3 is 0 Å². The first-order valence-corrected chi connectivity index (χ1v) is 7.35. The van der Waals surface area contributed by atoms with Crippen LogP contribution in [-0.2, 0) is 5.41 Å². The molecule has 3 N–H and O–H groups in total. The Balaban J connectivity index is 2.34. The van der Waals surface area contributed by atoms with Crippen molar-refractivity contribution in [3.63, 3.8) is 0 Å². The molecule has 2 heterocycles. The lowest BCUT2D eigenvalue weighted by molar-refractivity contribution is 0.565. The summed E-state index contributed by atoms with van der Waals surface area (Å²) in [7, 11) is 0. The molecule has 0 aromatic carbocycles. The summed E-state index contributed by atoms with van der Waals surface area (Å²) in [6, 6.07) is 1.92. The second kappa shape index (κ2) is 5.32. The molecule has 0 radical (unpaired) electrons. The maximum absolute atomic E-state index is 5.50. The maximum atomic E-state index is 5.50. The maximum Gasteiger partial charge on any atom is 0.227 e. The third kappa shape index (κ3) is 3.05. The van der Waals surface area contributed by atoms with E-state index in [1.165, 1.54) is 0 Å². The number of hydrogen-bond acceptors (Lipinski definition) is 6. The fourth-order valence-electron chi connectivity index (χ4n) is 1.80. The zero-order chi connectivity index (χ0) is 13.2. The predicted octanol–water partition coefficient (Wildman–Crippen LogP) is 1.61. The highest BCUT2D eigenvalue weighted by Gasteiger charge is 2.21. The van der Waals surface area contributed by atoms with Gasteiger partial charge in [-0.3, -0.25) is 0 Å². The first-order chi connectivity index (χ1) is 8.50. The molecule has 1 aromatic heterocycles. The normalized spacial score (nSPS) is 16.8. The molecule has 1 saturated heterocycles. The van der Waals surface area contributed by atoms with Gasteiger partial charge in [0.1, 0.15) is 5.82 Å². The third-order valence-electron chi connectivity index (χ3n) is 2.92. The van der Waals surface area contributed by atoms with Crippen LogP contribution in [0, 0.1) is 0 Å². The molecule has 1 aliphatic heterocycles. The number of nitrogen functional groups attached to an aromatic ring is 1. The van der Waals surface area contributed by atoms with Crippen molar-refractivity contribution < 1.29 is 0 Å². The number of nitrogens with zero attached hydrogens (tertiary/aromatic N) is 3. The van der Waals surface area contributed by atoms with Crippen LogP contribution in [0.5, 0.6) is 0 Å². The molecule has 1 fully saturated rings. The number of rotatable bonds is 2. The van der Waals surface area contributed by atoms with Crippen molar-refractivity contribution in [2.75, 3.05) is 34.9 Å². The lowest BCUT2D eigenvalue weighted by atomic mass is 9.92. The molecule has 18 heavy (non-hydrogen) atoms. The van der Waals surface area contributed by atoms with Gasteiger partial charge in [0.15, 0.2) is 0 Å². The Hall–Kier alpha value is -1.01. The Morgan fingerprint density at radius 1 is 1.28 bits per heavy atom. The van der Waals surface area contributed by atoms with E-state index in [4.69, 9.17) is 5.84 Å². The quantitative estimate of drug-likeness (QED) is 0.627. The van der Waals surface area contributed by atoms with Crippen molar-refractivity contribution in [2.24, 2.45) is 5.84 Å². The van der Waals surface area contributed by atoms with E-state index in [0.717, 1.165) is 36.2 Å². The Morgan fingerprint density at radius 2 is 1.94 bits per heavy atom. The average Bonchev–Trinajstić information content (AvgIpc) is 2.38. The molecule has 6 heteroatoms. The SMILES string of the molecule is CC(C)(C)c1cc(NN)nc(N2CCSCC2)n1. The summed E-state index contributed by atoms with van der Waals surface area (Å²) in [6.45, 7) is 8.44. The molecule has 0 unspecified atom stereocenters. The number of hydrazine groups is 1. The van der Waals surface area contributed by atoms with E-state index in [0.29, 0.717) is 5.82 Å². The largest absolute Gasteiger partial charge is 0.339 e. The van der Waals surface area contributed by atoms with Crippen LogP contribution in [0.3, 0.4) is 0 Å². The molecule has 0 aliphatic carbocycles. The molecule has 100 valence electrons. The van der Waals surface area contributed by atoms with E-state index in [2.05, 4.69) is 41.1 Å². The van der Waals surface area contributed by atoms with Gasteiger partial charge in [0.05, 0.1) is 5.69 Å². The Labute approximate surface area is 113 Å². The van der Waals surface area contributed by atoms with Crippen molar-refractivity contribution in [2.45, 2.75) is 26.2 Å². The molecule has 0 saturated carbocycles. The highest BCUT2D eigenvalue weighted by molar-refractivity contribution is 7.99. The highest BCUT2D eigenvalue weighted by Crippen LogP contribution is 2.25. The second-order valence-electron chi connectivity index (χ2n) is 5.43. The van der Waals surface area contributed by atoms with Gasteiger partial charge in [-0.15, -0.1) is 0 Å². The minimum Gasteiger partial charge on any atom is -0.339 e. The summed E-state index contributed by atoms with van der Waals surface area (Å²) in [5.41, 5.74) is 3.64. The molecule has 5 nitrogen and oxygen atoms in total. The van der Waals surface area contributed by atoms with E-state index < -0.39 is 0 Å². The van der Waals surface area contributed by atoms with Crippen molar-refractivity contribution in [3.8, 4) is 0 Å². The predicted molar refractivity (Wildman–Crippen MR) is 78.1 cm³/mol. The van der Waals surface area contributed by atoms with Gasteiger partial charge in [-0.1, -0.05) is 20.8 Å². The number of nitrogens with one attached hydrogen (secondary N) is 1. The van der Waals surface area contributed by atoms with Crippen molar-refractivity contribution in [3.05, 3.63) is 11.8 Å². The molecular weight excluding hydrogens is 246 g/mol. The molecule has 2 rings (SSSR count). The van der Waals surface area contributed by atoms with Gasteiger partial charge in [0.25, 0.3) is 0 Å². The standard InChI is InChI=1S/C12H21N5S/c1-12(2,3)9-8-10(16-13)15-11(14-9)17-4-6-18-7-5-17/h8H,4-7,13H2,1-3H3,(H,14,15,16). The average molecular weight is 267 g/mol. The zero-order valence-corrected chi connectivity index (χ0v) is 12.0. The summed E-state index contributed by atoms with van der Waals surface area (Å²) in [4.78, 5) is 11.4. The molecule has 1 aliphatic rings. The van der Waals surface area contributed by atoms with Crippen LogP contribution in [0.25, 0.3) is 0 Å².